The Morgan fingerprint density at radius 1 is 1.36 bits per heavy atom. The smallest absolute Gasteiger partial charge is 0.322 e. The maximum atomic E-state index is 12.3. The molecule has 1 aromatic heterocycles. The number of urea groups is 1. The minimum atomic E-state index is -0.789. The summed E-state index contributed by atoms with van der Waals surface area (Å²) in [6, 6.07) is 1.37. The predicted octanol–water partition coefficient (Wildman–Crippen LogP) is 0.641. The first kappa shape index (κ1) is 14.5. The molecule has 0 atom stereocenters. The van der Waals surface area contributed by atoms with Gasteiger partial charge in [-0.1, -0.05) is 0 Å². The predicted molar refractivity (Wildman–Crippen MR) is 78.1 cm³/mol. The lowest BCUT2D eigenvalue weighted by Crippen LogP contribution is -2.52. The van der Waals surface area contributed by atoms with Gasteiger partial charge in [0, 0.05) is 18.4 Å². The SMILES string of the molecule is Cc1ccncc1C(=O)NC1CCC2(CC1)NC(=O)NC2=O. The minimum absolute atomic E-state index is 0.00281. The minimum Gasteiger partial charge on any atom is -0.349 e. The quantitative estimate of drug-likeness (QED) is 0.698. The van der Waals surface area contributed by atoms with Crippen molar-refractivity contribution >= 4 is 17.8 Å². The van der Waals surface area contributed by atoms with Gasteiger partial charge in [-0.25, -0.2) is 4.79 Å². The molecule has 4 amide bonds. The zero-order valence-electron chi connectivity index (χ0n) is 12.3. The molecule has 0 aromatic carbocycles. The fourth-order valence-corrected chi connectivity index (χ4v) is 3.10. The largest absolute Gasteiger partial charge is 0.349 e. The molecule has 22 heavy (non-hydrogen) atoms. The molecule has 2 fully saturated rings. The number of carbonyl (C=O) groups excluding carboxylic acids is 3. The molecular weight excluding hydrogens is 284 g/mol. The standard InChI is InChI=1S/C15H18N4O3/c1-9-4-7-16-8-11(9)12(20)17-10-2-5-15(6-3-10)13(21)18-14(22)19-15/h4,7-8,10H,2-3,5-6H2,1H3,(H,17,20)(H2,18,19,21,22). The third-order valence-electron chi connectivity index (χ3n) is 4.47. The van der Waals surface area contributed by atoms with Crippen molar-refractivity contribution in [3.8, 4) is 0 Å². The molecular formula is C15H18N4O3. The molecule has 3 N–H and O–H groups in total. The van der Waals surface area contributed by atoms with Gasteiger partial charge in [0.25, 0.3) is 11.8 Å². The topological polar surface area (TPSA) is 100 Å². The highest BCUT2D eigenvalue weighted by Crippen LogP contribution is 2.31. The number of hydrogen-bond acceptors (Lipinski definition) is 4. The first-order chi connectivity index (χ1) is 10.5. The summed E-state index contributed by atoms with van der Waals surface area (Å²) in [6.45, 7) is 1.87. The van der Waals surface area contributed by atoms with Crippen LogP contribution in [0.2, 0.25) is 0 Å². The molecule has 3 rings (SSSR count). The van der Waals surface area contributed by atoms with Crippen molar-refractivity contribution in [2.75, 3.05) is 0 Å². The van der Waals surface area contributed by atoms with E-state index in [4.69, 9.17) is 0 Å². The van der Waals surface area contributed by atoms with E-state index in [2.05, 4.69) is 20.9 Å². The van der Waals surface area contributed by atoms with Crippen LogP contribution in [0.25, 0.3) is 0 Å². The van der Waals surface area contributed by atoms with Gasteiger partial charge in [-0.2, -0.15) is 0 Å². The lowest BCUT2D eigenvalue weighted by molar-refractivity contribution is -0.125. The van der Waals surface area contributed by atoms with E-state index < -0.39 is 11.6 Å². The molecule has 1 aromatic rings. The monoisotopic (exact) mass is 302 g/mol. The molecule has 1 saturated heterocycles. The van der Waals surface area contributed by atoms with E-state index in [1.807, 2.05) is 6.92 Å². The van der Waals surface area contributed by atoms with Crippen molar-refractivity contribution in [2.24, 2.45) is 0 Å². The summed E-state index contributed by atoms with van der Waals surface area (Å²) in [7, 11) is 0. The maximum Gasteiger partial charge on any atom is 0.322 e. The van der Waals surface area contributed by atoms with E-state index in [1.165, 1.54) is 0 Å². The van der Waals surface area contributed by atoms with Gasteiger partial charge in [-0.05, 0) is 44.2 Å². The average Bonchev–Trinajstić information content (AvgIpc) is 2.76. The van der Waals surface area contributed by atoms with Crippen molar-refractivity contribution in [3.05, 3.63) is 29.6 Å². The number of imide groups is 1. The van der Waals surface area contributed by atoms with E-state index in [1.54, 1.807) is 18.5 Å². The Balaban J connectivity index is 1.61. The van der Waals surface area contributed by atoms with Crippen LogP contribution in [-0.2, 0) is 4.79 Å². The summed E-state index contributed by atoms with van der Waals surface area (Å²) < 4.78 is 0. The number of rotatable bonds is 2. The Kier molecular flexibility index (Phi) is 3.56. The summed E-state index contributed by atoms with van der Waals surface area (Å²) in [4.78, 5) is 39.4. The summed E-state index contributed by atoms with van der Waals surface area (Å²) in [5, 5.41) is 7.98. The highest BCUT2D eigenvalue weighted by Gasteiger charge is 2.48. The molecule has 1 aliphatic carbocycles. The third-order valence-corrected chi connectivity index (χ3v) is 4.47. The Bertz CT molecular complexity index is 635. The third kappa shape index (κ3) is 2.54. The van der Waals surface area contributed by atoms with Gasteiger partial charge < -0.3 is 10.6 Å². The van der Waals surface area contributed by atoms with E-state index in [9.17, 15) is 14.4 Å². The summed E-state index contributed by atoms with van der Waals surface area (Å²) >= 11 is 0. The van der Waals surface area contributed by atoms with Crippen LogP contribution in [0.4, 0.5) is 4.79 Å². The molecule has 2 aliphatic rings. The molecule has 7 nitrogen and oxygen atoms in total. The Morgan fingerprint density at radius 2 is 2.09 bits per heavy atom. The van der Waals surface area contributed by atoms with Crippen molar-refractivity contribution in [3.63, 3.8) is 0 Å². The van der Waals surface area contributed by atoms with Crippen LogP contribution in [0, 0.1) is 6.92 Å². The Labute approximate surface area is 127 Å². The second-order valence-corrected chi connectivity index (χ2v) is 5.93. The normalized spacial score (nSPS) is 27.4. The lowest BCUT2D eigenvalue weighted by Gasteiger charge is -2.34. The maximum absolute atomic E-state index is 12.3. The van der Waals surface area contributed by atoms with Gasteiger partial charge >= 0.3 is 6.03 Å². The van der Waals surface area contributed by atoms with Crippen molar-refractivity contribution in [1.82, 2.24) is 20.9 Å². The number of nitrogens with zero attached hydrogens (tertiary/aromatic N) is 1. The zero-order valence-corrected chi connectivity index (χ0v) is 12.3. The van der Waals surface area contributed by atoms with Gasteiger partial charge in [0.2, 0.25) is 0 Å². The zero-order chi connectivity index (χ0) is 15.7. The van der Waals surface area contributed by atoms with Crippen LogP contribution in [0.1, 0.15) is 41.6 Å². The molecule has 1 aliphatic heterocycles. The number of carbonyl (C=O) groups is 3. The Morgan fingerprint density at radius 3 is 2.68 bits per heavy atom. The van der Waals surface area contributed by atoms with E-state index in [-0.39, 0.29) is 17.9 Å². The van der Waals surface area contributed by atoms with Crippen molar-refractivity contribution in [2.45, 2.75) is 44.2 Å². The van der Waals surface area contributed by atoms with Crippen LogP contribution < -0.4 is 16.0 Å². The molecule has 1 saturated carbocycles. The van der Waals surface area contributed by atoms with Crippen LogP contribution in [0.3, 0.4) is 0 Å². The fraction of sp³-hybridized carbons (Fsp3) is 0.467. The van der Waals surface area contributed by atoms with Crippen molar-refractivity contribution < 1.29 is 14.4 Å². The van der Waals surface area contributed by atoms with Gasteiger partial charge in [-0.15, -0.1) is 0 Å². The molecule has 0 unspecified atom stereocenters. The fourth-order valence-electron chi connectivity index (χ4n) is 3.10. The van der Waals surface area contributed by atoms with Crippen LogP contribution >= 0.6 is 0 Å². The average molecular weight is 302 g/mol. The molecule has 2 heterocycles. The number of pyridine rings is 1. The molecule has 0 bridgehead atoms. The first-order valence-corrected chi connectivity index (χ1v) is 7.35. The highest BCUT2D eigenvalue weighted by atomic mass is 16.2. The van der Waals surface area contributed by atoms with Gasteiger partial charge in [0.05, 0.1) is 5.56 Å². The molecule has 116 valence electrons. The molecule has 7 heteroatoms. The van der Waals surface area contributed by atoms with E-state index in [0.717, 1.165) is 5.56 Å². The number of hydrogen-bond donors (Lipinski definition) is 3. The number of amides is 4. The van der Waals surface area contributed by atoms with Gasteiger partial charge in [-0.3, -0.25) is 19.9 Å². The van der Waals surface area contributed by atoms with Crippen LogP contribution in [-0.4, -0.2) is 34.4 Å². The van der Waals surface area contributed by atoms with E-state index >= 15 is 0 Å². The summed E-state index contributed by atoms with van der Waals surface area (Å²) in [6.07, 6.45) is 5.57. The second kappa shape index (κ2) is 5.40. The summed E-state index contributed by atoms with van der Waals surface area (Å²) in [5.74, 6) is -0.406. The van der Waals surface area contributed by atoms with Gasteiger partial charge in [0.1, 0.15) is 5.54 Å². The van der Waals surface area contributed by atoms with E-state index in [0.29, 0.717) is 31.2 Å². The number of aromatic nitrogens is 1. The first-order valence-electron chi connectivity index (χ1n) is 7.35. The highest BCUT2D eigenvalue weighted by molar-refractivity contribution is 6.07. The number of aryl methyl sites for hydroxylation is 1. The molecule has 1 spiro atoms. The Hall–Kier alpha value is -2.44. The molecule has 0 radical (unpaired) electrons. The summed E-state index contributed by atoms with van der Waals surface area (Å²) in [5.41, 5.74) is 0.652. The van der Waals surface area contributed by atoms with Crippen LogP contribution in [0.15, 0.2) is 18.5 Å². The van der Waals surface area contributed by atoms with Crippen molar-refractivity contribution in [1.29, 1.82) is 0 Å². The number of nitrogens with one attached hydrogen (secondary N) is 3. The second-order valence-electron chi connectivity index (χ2n) is 5.93. The van der Waals surface area contributed by atoms with Crippen LogP contribution in [0.5, 0.6) is 0 Å². The van der Waals surface area contributed by atoms with Gasteiger partial charge in [0.15, 0.2) is 0 Å². The lowest BCUT2D eigenvalue weighted by atomic mass is 9.79.